The van der Waals surface area contributed by atoms with Crippen molar-refractivity contribution in [2.24, 2.45) is 0 Å². The minimum Gasteiger partial charge on any atom is -0.321 e. The smallest absolute Gasteiger partial charge is 0.255 e. The van der Waals surface area contributed by atoms with Crippen LogP contribution in [0.5, 0.6) is 0 Å². The van der Waals surface area contributed by atoms with E-state index < -0.39 is 0 Å². The molecule has 7 aromatic rings. The quantitative estimate of drug-likeness (QED) is 0.261. The number of aromatic nitrogens is 7. The first-order chi connectivity index (χ1) is 18.7. The lowest BCUT2D eigenvalue weighted by Gasteiger charge is -2.07. The molecular weight excluding hydrogens is 496 g/mol. The Bertz CT molecular complexity index is 1930. The van der Waals surface area contributed by atoms with Gasteiger partial charge in [-0.05, 0) is 41.8 Å². The van der Waals surface area contributed by atoms with Gasteiger partial charge in [0.05, 0.1) is 29.3 Å². The first kappa shape index (κ1) is 22.0. The predicted octanol–water partition coefficient (Wildman–Crippen LogP) is 5.94. The van der Waals surface area contributed by atoms with Gasteiger partial charge in [0, 0.05) is 39.3 Å². The fourth-order valence-electron chi connectivity index (χ4n) is 4.35. The van der Waals surface area contributed by atoms with Gasteiger partial charge in [-0.1, -0.05) is 24.3 Å². The molecule has 38 heavy (non-hydrogen) atoms. The highest BCUT2D eigenvalue weighted by Gasteiger charge is 2.17. The normalized spacial score (nSPS) is 11.3. The summed E-state index contributed by atoms with van der Waals surface area (Å²) in [6.07, 6.45) is 6.83. The van der Waals surface area contributed by atoms with Crippen LogP contribution in [0, 0.1) is 0 Å². The van der Waals surface area contributed by atoms with Gasteiger partial charge in [0.2, 0.25) is 0 Å². The highest BCUT2D eigenvalue weighted by atomic mass is 32.1. The number of thiophene rings is 1. The molecular formula is C28H18N8OS. The Balaban J connectivity index is 1.25. The minimum atomic E-state index is -0.203. The van der Waals surface area contributed by atoms with Gasteiger partial charge in [0.25, 0.3) is 5.91 Å². The third-order valence-electron chi connectivity index (χ3n) is 6.17. The number of anilines is 1. The van der Waals surface area contributed by atoms with E-state index in [0.717, 1.165) is 32.4 Å². The minimum absolute atomic E-state index is 0.203. The number of hydrogen-bond acceptors (Lipinski definition) is 7. The average Bonchev–Trinajstić information content (AvgIpc) is 3.73. The van der Waals surface area contributed by atoms with E-state index in [-0.39, 0.29) is 5.91 Å². The molecule has 0 aliphatic rings. The summed E-state index contributed by atoms with van der Waals surface area (Å²) in [5.41, 5.74) is 6.56. The summed E-state index contributed by atoms with van der Waals surface area (Å²) < 4.78 is 0. The van der Waals surface area contributed by atoms with Crippen LogP contribution in [0.25, 0.3) is 55.3 Å². The fraction of sp³-hybridized carbons (Fsp3) is 0. The maximum atomic E-state index is 12.6. The lowest BCUT2D eigenvalue weighted by Crippen LogP contribution is -2.11. The number of rotatable bonds is 5. The molecule has 6 aromatic heterocycles. The van der Waals surface area contributed by atoms with E-state index in [1.54, 1.807) is 48.3 Å². The van der Waals surface area contributed by atoms with Gasteiger partial charge in [0.1, 0.15) is 11.2 Å². The van der Waals surface area contributed by atoms with Gasteiger partial charge >= 0.3 is 0 Å². The molecule has 1 amide bonds. The monoisotopic (exact) mass is 514 g/mol. The first-order valence-electron chi connectivity index (χ1n) is 11.8. The highest BCUT2D eigenvalue weighted by Crippen LogP contribution is 2.33. The molecule has 0 radical (unpaired) electrons. The van der Waals surface area contributed by atoms with E-state index in [2.05, 4.69) is 41.5 Å². The molecule has 7 rings (SSSR count). The zero-order valence-corrected chi connectivity index (χ0v) is 20.5. The number of carbonyl (C=O) groups is 1. The second kappa shape index (κ2) is 9.02. The molecule has 3 N–H and O–H groups in total. The second-order valence-electron chi connectivity index (χ2n) is 8.59. The lowest BCUT2D eigenvalue weighted by molar-refractivity contribution is 0.102. The number of imidazole rings is 1. The second-order valence-corrected chi connectivity index (χ2v) is 9.54. The zero-order valence-electron chi connectivity index (χ0n) is 19.7. The van der Waals surface area contributed by atoms with Crippen LogP contribution < -0.4 is 5.32 Å². The summed E-state index contributed by atoms with van der Waals surface area (Å²) in [7, 11) is 0. The van der Waals surface area contributed by atoms with Crippen LogP contribution in [-0.4, -0.2) is 41.0 Å². The molecule has 0 aliphatic carbocycles. The number of hydrogen-bond donors (Lipinski definition) is 3. The van der Waals surface area contributed by atoms with Crippen molar-refractivity contribution in [3.8, 4) is 33.2 Å². The molecule has 0 unspecified atom stereocenters. The van der Waals surface area contributed by atoms with Crippen molar-refractivity contribution in [3.63, 3.8) is 0 Å². The van der Waals surface area contributed by atoms with Crippen molar-refractivity contribution >= 4 is 45.0 Å². The van der Waals surface area contributed by atoms with Gasteiger partial charge in [-0.2, -0.15) is 5.10 Å². The van der Waals surface area contributed by atoms with Gasteiger partial charge in [0.15, 0.2) is 11.5 Å². The Morgan fingerprint density at radius 1 is 0.947 bits per heavy atom. The predicted molar refractivity (Wildman–Crippen MR) is 148 cm³/mol. The largest absolute Gasteiger partial charge is 0.321 e. The number of aromatic amines is 2. The molecule has 0 atom stereocenters. The molecule has 9 nitrogen and oxygen atoms in total. The van der Waals surface area contributed by atoms with Crippen LogP contribution in [0.2, 0.25) is 0 Å². The van der Waals surface area contributed by atoms with Crippen LogP contribution in [0.3, 0.4) is 0 Å². The number of nitrogens with zero attached hydrogens (tertiary/aromatic N) is 5. The molecule has 0 aliphatic heterocycles. The van der Waals surface area contributed by atoms with E-state index in [9.17, 15) is 4.79 Å². The number of benzene rings is 1. The summed E-state index contributed by atoms with van der Waals surface area (Å²) in [6, 6.07) is 18.9. The average molecular weight is 515 g/mol. The molecule has 0 saturated carbocycles. The van der Waals surface area contributed by atoms with Gasteiger partial charge in [-0.15, -0.1) is 11.3 Å². The summed E-state index contributed by atoms with van der Waals surface area (Å²) in [6.45, 7) is 0. The van der Waals surface area contributed by atoms with E-state index in [0.29, 0.717) is 34.1 Å². The van der Waals surface area contributed by atoms with E-state index in [1.165, 1.54) is 0 Å². The van der Waals surface area contributed by atoms with Crippen molar-refractivity contribution in [1.82, 2.24) is 35.1 Å². The van der Waals surface area contributed by atoms with Crippen LogP contribution in [0.15, 0.2) is 90.8 Å². The SMILES string of the molecule is O=C(Nc1cncc(-c2cc3c(-c4nc5c(-c6cccs6)ccnc5[nH]4)n[nH]c3cn2)c1)c1ccccc1. The number of fused-ring (bicyclic) bond motifs is 2. The molecule has 6 heterocycles. The Morgan fingerprint density at radius 3 is 2.74 bits per heavy atom. The fourth-order valence-corrected chi connectivity index (χ4v) is 5.10. The first-order valence-corrected chi connectivity index (χ1v) is 12.7. The summed E-state index contributed by atoms with van der Waals surface area (Å²) in [5, 5.41) is 13.4. The van der Waals surface area contributed by atoms with Gasteiger partial charge in [-0.3, -0.25) is 19.9 Å². The summed E-state index contributed by atoms with van der Waals surface area (Å²) in [5.74, 6) is 0.410. The molecule has 182 valence electrons. The third kappa shape index (κ3) is 3.89. The molecule has 0 bridgehead atoms. The van der Waals surface area contributed by atoms with Crippen molar-refractivity contribution in [1.29, 1.82) is 0 Å². The van der Waals surface area contributed by atoms with Crippen LogP contribution in [0.4, 0.5) is 5.69 Å². The van der Waals surface area contributed by atoms with Crippen LogP contribution in [-0.2, 0) is 0 Å². The Hall–Kier alpha value is -5.22. The molecule has 10 heteroatoms. The maximum absolute atomic E-state index is 12.6. The molecule has 0 saturated heterocycles. The summed E-state index contributed by atoms with van der Waals surface area (Å²) >= 11 is 1.66. The highest BCUT2D eigenvalue weighted by molar-refractivity contribution is 7.13. The van der Waals surface area contributed by atoms with Gasteiger partial charge < -0.3 is 10.3 Å². The van der Waals surface area contributed by atoms with E-state index in [4.69, 9.17) is 4.98 Å². The number of carbonyl (C=O) groups excluding carboxylic acids is 1. The lowest BCUT2D eigenvalue weighted by atomic mass is 10.1. The Morgan fingerprint density at radius 2 is 1.87 bits per heavy atom. The Labute approximate surface area is 219 Å². The van der Waals surface area contributed by atoms with Crippen molar-refractivity contribution in [2.75, 3.05) is 5.32 Å². The van der Waals surface area contributed by atoms with E-state index in [1.807, 2.05) is 47.8 Å². The number of nitrogens with one attached hydrogen (secondary N) is 3. The van der Waals surface area contributed by atoms with Crippen molar-refractivity contribution < 1.29 is 4.79 Å². The third-order valence-corrected chi connectivity index (χ3v) is 7.07. The number of H-pyrrole nitrogens is 2. The standard InChI is InChI=1S/C28H18N8OS/c37-28(16-5-2-1-3-6-16)32-18-11-17(13-29-14-18)21-12-20-22(15-31-21)35-36-25(20)27-33-24-19(23-7-4-10-38-23)8-9-30-26(24)34-27/h1-15H,(H,32,37)(H,35,36)(H,30,33,34). The number of amides is 1. The van der Waals surface area contributed by atoms with Crippen LogP contribution in [0.1, 0.15) is 10.4 Å². The Kier molecular flexibility index (Phi) is 5.22. The van der Waals surface area contributed by atoms with E-state index >= 15 is 0 Å². The summed E-state index contributed by atoms with van der Waals surface area (Å²) in [4.78, 5) is 35.3. The van der Waals surface area contributed by atoms with Crippen molar-refractivity contribution in [2.45, 2.75) is 0 Å². The molecule has 0 spiro atoms. The van der Waals surface area contributed by atoms with Crippen LogP contribution >= 0.6 is 11.3 Å². The molecule has 1 aromatic carbocycles. The molecule has 0 fully saturated rings. The number of pyridine rings is 3. The maximum Gasteiger partial charge on any atom is 0.255 e. The topological polar surface area (TPSA) is 125 Å². The zero-order chi connectivity index (χ0) is 25.5. The van der Waals surface area contributed by atoms with Crippen molar-refractivity contribution in [3.05, 3.63) is 96.4 Å². The van der Waals surface area contributed by atoms with Gasteiger partial charge in [-0.25, -0.2) is 9.97 Å².